The van der Waals surface area contributed by atoms with Gasteiger partial charge in [-0.3, -0.25) is 9.89 Å². The standard InChI is InChI=1S/C4H8O.C3H4N2O/c1-2-4-5-3-1;6-3-1-2-4-5-3/h1-4H2;1-2H,(H2,4,5,6). The van der Waals surface area contributed by atoms with Crippen LogP contribution in [0.3, 0.4) is 0 Å². The van der Waals surface area contributed by atoms with Gasteiger partial charge in [0.15, 0.2) is 0 Å². The number of H-pyrrole nitrogens is 2. The smallest absolute Gasteiger partial charge is 0.263 e. The lowest BCUT2D eigenvalue weighted by Gasteiger charge is -1.76. The van der Waals surface area contributed by atoms with E-state index in [0.717, 1.165) is 13.2 Å². The van der Waals surface area contributed by atoms with E-state index < -0.39 is 0 Å². The number of hydrogen-bond donors (Lipinski definition) is 2. The zero-order valence-corrected chi connectivity index (χ0v) is 6.30. The molecule has 1 saturated heterocycles. The second-order valence-electron chi connectivity index (χ2n) is 2.29. The van der Waals surface area contributed by atoms with Crippen LogP contribution in [-0.4, -0.2) is 23.4 Å². The Hall–Kier alpha value is -1.03. The summed E-state index contributed by atoms with van der Waals surface area (Å²) in [5.74, 6) is 0. The minimum atomic E-state index is -0.0880. The van der Waals surface area contributed by atoms with Crippen molar-refractivity contribution >= 4 is 0 Å². The highest BCUT2D eigenvalue weighted by Crippen LogP contribution is 1.98. The molecule has 0 amide bonds. The van der Waals surface area contributed by atoms with Crippen molar-refractivity contribution in [1.29, 1.82) is 0 Å². The topological polar surface area (TPSA) is 57.9 Å². The van der Waals surface area contributed by atoms with Crippen molar-refractivity contribution < 1.29 is 4.74 Å². The van der Waals surface area contributed by atoms with Crippen LogP contribution in [0.5, 0.6) is 0 Å². The lowest BCUT2D eigenvalue weighted by Crippen LogP contribution is -1.93. The molecule has 0 unspecified atom stereocenters. The fourth-order valence-corrected chi connectivity index (χ4v) is 0.782. The van der Waals surface area contributed by atoms with Gasteiger partial charge in [0.1, 0.15) is 0 Å². The molecule has 0 spiro atoms. The number of nitrogens with one attached hydrogen (secondary N) is 2. The molecule has 11 heavy (non-hydrogen) atoms. The van der Waals surface area contributed by atoms with E-state index in [9.17, 15) is 4.79 Å². The van der Waals surface area contributed by atoms with Crippen molar-refractivity contribution in [2.24, 2.45) is 0 Å². The number of aromatic nitrogens is 2. The summed E-state index contributed by atoms with van der Waals surface area (Å²) in [4.78, 5) is 9.98. The van der Waals surface area contributed by atoms with Crippen LogP contribution >= 0.6 is 0 Å². The molecular formula is C7H12N2O2. The molecule has 4 heteroatoms. The van der Waals surface area contributed by atoms with Gasteiger partial charge in [0.2, 0.25) is 0 Å². The Morgan fingerprint density at radius 2 is 2.09 bits per heavy atom. The second-order valence-corrected chi connectivity index (χ2v) is 2.29. The molecule has 0 atom stereocenters. The van der Waals surface area contributed by atoms with Crippen LogP contribution in [0.2, 0.25) is 0 Å². The predicted octanol–water partition coefficient (Wildman–Crippen LogP) is 0.500. The van der Waals surface area contributed by atoms with Gasteiger partial charge in [0, 0.05) is 25.5 Å². The Kier molecular flexibility index (Phi) is 3.47. The first-order chi connectivity index (χ1) is 5.39. The monoisotopic (exact) mass is 156 g/mol. The van der Waals surface area contributed by atoms with Crippen molar-refractivity contribution in [3.63, 3.8) is 0 Å². The molecule has 0 radical (unpaired) electrons. The van der Waals surface area contributed by atoms with Gasteiger partial charge in [-0.05, 0) is 12.8 Å². The first-order valence-corrected chi connectivity index (χ1v) is 3.69. The Morgan fingerprint density at radius 3 is 2.27 bits per heavy atom. The van der Waals surface area contributed by atoms with Crippen molar-refractivity contribution in [2.45, 2.75) is 12.8 Å². The fourth-order valence-electron chi connectivity index (χ4n) is 0.782. The molecule has 2 rings (SSSR count). The third-order valence-corrected chi connectivity index (χ3v) is 1.34. The quantitative estimate of drug-likeness (QED) is 0.574. The molecule has 4 nitrogen and oxygen atoms in total. The van der Waals surface area contributed by atoms with E-state index in [2.05, 4.69) is 10.2 Å². The molecule has 0 saturated carbocycles. The summed E-state index contributed by atoms with van der Waals surface area (Å²) in [6, 6.07) is 1.42. The molecule has 1 fully saturated rings. The molecule has 0 aromatic carbocycles. The summed E-state index contributed by atoms with van der Waals surface area (Å²) < 4.78 is 4.94. The summed E-state index contributed by atoms with van der Waals surface area (Å²) in [6.07, 6.45) is 4.10. The van der Waals surface area contributed by atoms with Gasteiger partial charge in [-0.1, -0.05) is 0 Å². The van der Waals surface area contributed by atoms with E-state index in [1.807, 2.05) is 0 Å². The van der Waals surface area contributed by atoms with E-state index in [-0.39, 0.29) is 5.56 Å². The predicted molar refractivity (Wildman–Crippen MR) is 41.5 cm³/mol. The zero-order chi connectivity index (χ0) is 7.94. The van der Waals surface area contributed by atoms with E-state index >= 15 is 0 Å². The minimum absolute atomic E-state index is 0.0880. The second kappa shape index (κ2) is 4.73. The van der Waals surface area contributed by atoms with Crippen LogP contribution in [0.1, 0.15) is 12.8 Å². The molecule has 1 aromatic heterocycles. The van der Waals surface area contributed by atoms with Crippen LogP contribution in [0, 0.1) is 0 Å². The van der Waals surface area contributed by atoms with Gasteiger partial charge in [0.05, 0.1) is 0 Å². The summed E-state index contributed by atoms with van der Waals surface area (Å²) in [7, 11) is 0. The SMILES string of the molecule is C1CCOC1.O=c1cc[nH][nH]1. The summed E-state index contributed by atoms with van der Waals surface area (Å²) >= 11 is 0. The Balaban J connectivity index is 0.000000112. The molecule has 1 aliphatic rings. The van der Waals surface area contributed by atoms with Crippen molar-refractivity contribution in [1.82, 2.24) is 10.2 Å². The van der Waals surface area contributed by atoms with E-state index in [1.54, 1.807) is 6.20 Å². The lowest BCUT2D eigenvalue weighted by molar-refractivity contribution is 0.198. The van der Waals surface area contributed by atoms with Gasteiger partial charge in [-0.25, -0.2) is 0 Å². The van der Waals surface area contributed by atoms with Crippen molar-refractivity contribution in [2.75, 3.05) is 13.2 Å². The first-order valence-electron chi connectivity index (χ1n) is 3.69. The minimum Gasteiger partial charge on any atom is -0.381 e. The van der Waals surface area contributed by atoms with Crippen LogP contribution in [0.4, 0.5) is 0 Å². The van der Waals surface area contributed by atoms with Crippen molar-refractivity contribution in [3.05, 3.63) is 22.6 Å². The molecule has 2 N–H and O–H groups in total. The van der Waals surface area contributed by atoms with Crippen LogP contribution in [-0.2, 0) is 4.74 Å². The average Bonchev–Trinajstić information content (AvgIpc) is 2.57. The van der Waals surface area contributed by atoms with Gasteiger partial charge >= 0.3 is 0 Å². The van der Waals surface area contributed by atoms with Gasteiger partial charge < -0.3 is 9.84 Å². The molecule has 2 heterocycles. The van der Waals surface area contributed by atoms with E-state index in [0.29, 0.717) is 0 Å². The van der Waals surface area contributed by atoms with Crippen molar-refractivity contribution in [3.8, 4) is 0 Å². The maximum absolute atomic E-state index is 9.98. The highest BCUT2D eigenvalue weighted by atomic mass is 16.5. The van der Waals surface area contributed by atoms with E-state index in [1.165, 1.54) is 18.9 Å². The lowest BCUT2D eigenvalue weighted by atomic mass is 10.4. The molecule has 1 aromatic rings. The number of rotatable bonds is 0. The third-order valence-electron chi connectivity index (χ3n) is 1.34. The van der Waals surface area contributed by atoms with Crippen LogP contribution in [0.25, 0.3) is 0 Å². The molecule has 0 bridgehead atoms. The Labute approximate surface area is 64.6 Å². The summed E-state index contributed by atoms with van der Waals surface area (Å²) in [6.45, 7) is 2.00. The van der Waals surface area contributed by atoms with Gasteiger partial charge in [-0.15, -0.1) is 0 Å². The Morgan fingerprint density at radius 1 is 1.36 bits per heavy atom. The molecule has 1 aliphatic heterocycles. The maximum atomic E-state index is 9.98. The van der Waals surface area contributed by atoms with Crippen LogP contribution < -0.4 is 5.56 Å². The molecule has 0 aliphatic carbocycles. The fraction of sp³-hybridized carbons (Fsp3) is 0.571. The first kappa shape index (κ1) is 8.07. The van der Waals surface area contributed by atoms with Crippen LogP contribution in [0.15, 0.2) is 17.1 Å². The summed E-state index contributed by atoms with van der Waals surface area (Å²) in [5.41, 5.74) is -0.0880. The highest BCUT2D eigenvalue weighted by molar-refractivity contribution is 4.75. The largest absolute Gasteiger partial charge is 0.381 e. The normalized spacial score (nSPS) is 15.6. The molecule has 62 valence electrons. The van der Waals surface area contributed by atoms with Gasteiger partial charge in [-0.2, -0.15) is 0 Å². The number of ether oxygens (including phenoxy) is 1. The highest BCUT2D eigenvalue weighted by Gasteiger charge is 1.94. The maximum Gasteiger partial charge on any atom is 0.263 e. The van der Waals surface area contributed by atoms with Gasteiger partial charge in [0.25, 0.3) is 5.56 Å². The average molecular weight is 156 g/mol. The molecular weight excluding hydrogens is 144 g/mol. The Bertz CT molecular complexity index is 200. The zero-order valence-electron chi connectivity index (χ0n) is 6.30. The summed E-state index contributed by atoms with van der Waals surface area (Å²) in [5, 5.41) is 4.81. The van der Waals surface area contributed by atoms with E-state index in [4.69, 9.17) is 4.74 Å². The number of hydrogen-bond acceptors (Lipinski definition) is 2. The number of aromatic amines is 2. The third kappa shape index (κ3) is 3.62.